The van der Waals surface area contributed by atoms with Gasteiger partial charge in [0, 0.05) is 5.02 Å². The van der Waals surface area contributed by atoms with E-state index >= 15 is 0 Å². The quantitative estimate of drug-likeness (QED) is 0.815. The maximum absolute atomic E-state index is 6.07. The summed E-state index contributed by atoms with van der Waals surface area (Å²) >= 11 is 6.07. The van der Waals surface area contributed by atoms with Crippen LogP contribution in [0, 0.1) is 5.92 Å². The minimum atomic E-state index is 0.572. The zero-order valence-electron chi connectivity index (χ0n) is 8.75. The summed E-state index contributed by atoms with van der Waals surface area (Å²) in [6.45, 7) is 0.776. The van der Waals surface area contributed by atoms with Crippen molar-refractivity contribution in [3.05, 3.63) is 34.3 Å². The molecule has 1 aromatic carbocycles. The van der Waals surface area contributed by atoms with E-state index in [1.807, 2.05) is 6.07 Å². The number of hydrogen-bond donors (Lipinski definition) is 1. The van der Waals surface area contributed by atoms with Crippen molar-refractivity contribution in [2.75, 3.05) is 6.54 Å². The van der Waals surface area contributed by atoms with E-state index in [1.54, 1.807) is 0 Å². The Kier molecular flexibility index (Phi) is 2.26. The summed E-state index contributed by atoms with van der Waals surface area (Å²) in [7, 11) is 0. The van der Waals surface area contributed by atoms with E-state index in [9.17, 15) is 0 Å². The molecule has 1 fully saturated rings. The number of benzene rings is 1. The molecule has 1 aromatic rings. The maximum atomic E-state index is 6.07. The molecule has 2 heteroatoms. The summed E-state index contributed by atoms with van der Waals surface area (Å²) < 4.78 is 0. The summed E-state index contributed by atoms with van der Waals surface area (Å²) in [5.74, 6) is 2.23. The second-order valence-corrected chi connectivity index (χ2v) is 5.32. The van der Waals surface area contributed by atoms with Gasteiger partial charge in [-0.3, -0.25) is 0 Å². The van der Waals surface area contributed by atoms with Crippen LogP contribution in [0.25, 0.3) is 0 Å². The van der Waals surface area contributed by atoms with E-state index in [0.717, 1.165) is 23.4 Å². The number of nitrogens with two attached hydrogens (primary N) is 1. The van der Waals surface area contributed by atoms with Gasteiger partial charge in [-0.25, -0.2) is 0 Å². The van der Waals surface area contributed by atoms with E-state index in [0.29, 0.717) is 5.92 Å². The molecule has 0 amide bonds. The van der Waals surface area contributed by atoms with Gasteiger partial charge in [0.15, 0.2) is 0 Å². The van der Waals surface area contributed by atoms with Crippen molar-refractivity contribution in [3.63, 3.8) is 0 Å². The topological polar surface area (TPSA) is 26.0 Å². The molecule has 2 atom stereocenters. The first-order valence-corrected chi connectivity index (χ1v) is 6.17. The van der Waals surface area contributed by atoms with Crippen LogP contribution < -0.4 is 5.73 Å². The third-order valence-electron chi connectivity index (χ3n) is 3.90. The van der Waals surface area contributed by atoms with Gasteiger partial charge in [-0.15, -0.1) is 0 Å². The lowest BCUT2D eigenvalue weighted by Crippen LogP contribution is -2.09. The highest BCUT2D eigenvalue weighted by Gasteiger charge is 2.39. The minimum Gasteiger partial charge on any atom is -0.330 e. The fraction of sp³-hybridized carbons (Fsp3) is 0.538. The monoisotopic (exact) mass is 221 g/mol. The highest BCUT2D eigenvalue weighted by Crippen LogP contribution is 2.53. The van der Waals surface area contributed by atoms with Crippen LogP contribution >= 0.6 is 11.6 Å². The predicted octanol–water partition coefficient (Wildman–Crippen LogP) is 3.28. The normalized spacial score (nSPS) is 29.2. The summed E-state index contributed by atoms with van der Waals surface area (Å²) in [6, 6.07) is 6.34. The van der Waals surface area contributed by atoms with Crippen molar-refractivity contribution >= 4 is 11.6 Å². The van der Waals surface area contributed by atoms with Crippen LogP contribution in [0.4, 0.5) is 0 Å². The van der Waals surface area contributed by atoms with Crippen LogP contribution in [-0.2, 0) is 0 Å². The Hall–Kier alpha value is -0.530. The molecule has 0 bridgehead atoms. The third-order valence-corrected chi connectivity index (χ3v) is 4.14. The molecule has 1 nitrogen and oxygen atoms in total. The Morgan fingerprint density at radius 3 is 2.73 bits per heavy atom. The number of hydrogen-bond acceptors (Lipinski definition) is 1. The molecule has 0 spiro atoms. The van der Waals surface area contributed by atoms with Crippen LogP contribution in [0.15, 0.2) is 18.2 Å². The van der Waals surface area contributed by atoms with Gasteiger partial charge >= 0.3 is 0 Å². The molecular weight excluding hydrogens is 206 g/mol. The Morgan fingerprint density at radius 2 is 2.07 bits per heavy atom. The summed E-state index contributed by atoms with van der Waals surface area (Å²) in [5, 5.41) is 0.872. The zero-order valence-corrected chi connectivity index (χ0v) is 9.50. The highest BCUT2D eigenvalue weighted by atomic mass is 35.5. The van der Waals surface area contributed by atoms with Crippen LogP contribution in [0.3, 0.4) is 0 Å². The molecule has 0 saturated heterocycles. The standard InChI is InChI=1S/C13H16ClN/c14-10-3-4-11-9(7-15)5-12(8-1-2-8)13(11)6-10/h3-4,6,8-9,12H,1-2,5,7,15H2. The number of rotatable bonds is 2. The first-order valence-electron chi connectivity index (χ1n) is 5.79. The van der Waals surface area contributed by atoms with Crippen LogP contribution in [0.2, 0.25) is 5.02 Å². The fourth-order valence-electron chi connectivity index (χ4n) is 2.97. The van der Waals surface area contributed by atoms with Crippen molar-refractivity contribution in [1.82, 2.24) is 0 Å². The fourth-order valence-corrected chi connectivity index (χ4v) is 3.15. The zero-order chi connectivity index (χ0) is 10.4. The molecule has 0 heterocycles. The van der Waals surface area contributed by atoms with E-state index < -0.39 is 0 Å². The molecular formula is C13H16ClN. The van der Waals surface area contributed by atoms with Gasteiger partial charge in [0.05, 0.1) is 0 Å². The van der Waals surface area contributed by atoms with Crippen molar-refractivity contribution in [3.8, 4) is 0 Å². The number of halogens is 1. The van der Waals surface area contributed by atoms with E-state index in [-0.39, 0.29) is 0 Å². The molecule has 0 aliphatic heterocycles. The Bertz CT molecular complexity index is 384. The van der Waals surface area contributed by atoms with E-state index in [4.69, 9.17) is 17.3 Å². The van der Waals surface area contributed by atoms with Crippen LogP contribution in [0.1, 0.15) is 42.2 Å². The Morgan fingerprint density at radius 1 is 1.27 bits per heavy atom. The second kappa shape index (κ2) is 3.50. The molecule has 2 N–H and O–H groups in total. The molecule has 2 aliphatic rings. The number of fused-ring (bicyclic) bond motifs is 1. The first kappa shape index (κ1) is 9.68. The summed E-state index contributed by atoms with van der Waals surface area (Å²) in [4.78, 5) is 0. The predicted molar refractivity (Wildman–Crippen MR) is 63.3 cm³/mol. The molecule has 0 radical (unpaired) electrons. The van der Waals surface area contributed by atoms with Gasteiger partial charge in [-0.05, 0) is 66.8 Å². The largest absolute Gasteiger partial charge is 0.330 e. The van der Waals surface area contributed by atoms with Crippen molar-refractivity contribution in [1.29, 1.82) is 0 Å². The van der Waals surface area contributed by atoms with E-state index in [2.05, 4.69) is 12.1 Å². The Balaban J connectivity index is 2.02. The lowest BCUT2D eigenvalue weighted by atomic mass is 9.96. The molecule has 15 heavy (non-hydrogen) atoms. The summed E-state index contributed by atoms with van der Waals surface area (Å²) in [5.41, 5.74) is 8.78. The highest BCUT2D eigenvalue weighted by molar-refractivity contribution is 6.30. The molecule has 2 unspecified atom stereocenters. The van der Waals surface area contributed by atoms with Gasteiger partial charge in [0.25, 0.3) is 0 Å². The SMILES string of the molecule is NCC1CC(C2CC2)c2cc(Cl)ccc21. The van der Waals surface area contributed by atoms with Gasteiger partial charge in [0.1, 0.15) is 0 Å². The molecule has 1 saturated carbocycles. The van der Waals surface area contributed by atoms with Crippen molar-refractivity contribution in [2.24, 2.45) is 11.7 Å². The minimum absolute atomic E-state index is 0.572. The van der Waals surface area contributed by atoms with Gasteiger partial charge in [0.2, 0.25) is 0 Å². The van der Waals surface area contributed by atoms with Crippen molar-refractivity contribution in [2.45, 2.75) is 31.1 Å². The van der Waals surface area contributed by atoms with Crippen molar-refractivity contribution < 1.29 is 0 Å². The van der Waals surface area contributed by atoms with Gasteiger partial charge in [-0.1, -0.05) is 17.7 Å². The average molecular weight is 222 g/mol. The molecule has 3 rings (SSSR count). The first-order chi connectivity index (χ1) is 7.29. The molecule has 80 valence electrons. The van der Waals surface area contributed by atoms with Gasteiger partial charge < -0.3 is 5.73 Å². The lowest BCUT2D eigenvalue weighted by molar-refractivity contribution is 0.545. The van der Waals surface area contributed by atoms with E-state index in [1.165, 1.54) is 30.4 Å². The molecule has 0 aromatic heterocycles. The average Bonchev–Trinajstić information content (AvgIpc) is 3.00. The lowest BCUT2D eigenvalue weighted by Gasteiger charge is -2.09. The van der Waals surface area contributed by atoms with Gasteiger partial charge in [-0.2, -0.15) is 0 Å². The second-order valence-electron chi connectivity index (χ2n) is 4.89. The van der Waals surface area contributed by atoms with Crippen LogP contribution in [0.5, 0.6) is 0 Å². The molecule has 2 aliphatic carbocycles. The maximum Gasteiger partial charge on any atom is 0.0409 e. The summed E-state index contributed by atoms with van der Waals surface area (Å²) in [6.07, 6.45) is 4.04. The third kappa shape index (κ3) is 1.58. The smallest absolute Gasteiger partial charge is 0.0409 e. The Labute approximate surface area is 95.6 Å². The van der Waals surface area contributed by atoms with Crippen LogP contribution in [-0.4, -0.2) is 6.54 Å².